The number of fused-ring (bicyclic) bond motifs is 1. The average Bonchev–Trinajstić information content (AvgIpc) is 3.00. The molecule has 0 spiro atoms. The van der Waals surface area contributed by atoms with Crippen molar-refractivity contribution in [1.82, 2.24) is 14.7 Å². The van der Waals surface area contributed by atoms with Crippen LogP contribution < -0.4 is 5.32 Å². The first-order valence-corrected chi connectivity index (χ1v) is 5.60. The van der Waals surface area contributed by atoms with Crippen molar-refractivity contribution in [3.05, 3.63) is 36.3 Å². The number of hydrogen-bond donors (Lipinski definition) is 2. The maximum atomic E-state index is 11.9. The maximum Gasteiger partial charge on any atom is 0.329 e. The lowest BCUT2D eigenvalue weighted by molar-refractivity contribution is -0.140. The van der Waals surface area contributed by atoms with Crippen molar-refractivity contribution in [2.24, 2.45) is 0 Å². The van der Waals surface area contributed by atoms with Gasteiger partial charge in [0.05, 0.1) is 0 Å². The van der Waals surface area contributed by atoms with Crippen LogP contribution in [0.1, 0.15) is 23.3 Å². The van der Waals surface area contributed by atoms with Gasteiger partial charge in [-0.25, -0.2) is 9.78 Å². The molecule has 1 amide bonds. The zero-order chi connectivity index (χ0) is 12.8. The summed E-state index contributed by atoms with van der Waals surface area (Å²) < 4.78 is 1.72. The first kappa shape index (κ1) is 10.8. The lowest BCUT2D eigenvalue weighted by Gasteiger charge is -2.10. The second kappa shape index (κ2) is 3.56. The number of amides is 1. The molecule has 6 nitrogen and oxygen atoms in total. The van der Waals surface area contributed by atoms with Gasteiger partial charge in [0.25, 0.3) is 5.91 Å². The fourth-order valence-corrected chi connectivity index (χ4v) is 1.84. The Labute approximate surface area is 102 Å². The number of nitrogens with zero attached hydrogens (tertiary/aromatic N) is 2. The molecule has 2 aromatic heterocycles. The summed E-state index contributed by atoms with van der Waals surface area (Å²) in [7, 11) is 0. The fourth-order valence-electron chi connectivity index (χ4n) is 1.84. The van der Waals surface area contributed by atoms with Crippen LogP contribution >= 0.6 is 0 Å². The first-order chi connectivity index (χ1) is 8.61. The molecule has 0 atom stereocenters. The summed E-state index contributed by atoms with van der Waals surface area (Å²) in [5.41, 5.74) is -0.191. The molecule has 1 saturated carbocycles. The highest BCUT2D eigenvalue weighted by Gasteiger charge is 2.51. The van der Waals surface area contributed by atoms with Crippen LogP contribution in [-0.2, 0) is 4.79 Å². The van der Waals surface area contributed by atoms with Crippen molar-refractivity contribution in [2.75, 3.05) is 0 Å². The summed E-state index contributed by atoms with van der Waals surface area (Å²) >= 11 is 0. The minimum atomic E-state index is -1.08. The lowest BCUT2D eigenvalue weighted by atomic mass is 10.2. The summed E-state index contributed by atoms with van der Waals surface area (Å²) in [6.07, 6.45) is 4.31. The van der Waals surface area contributed by atoms with E-state index in [9.17, 15) is 9.59 Å². The molecule has 0 unspecified atom stereocenters. The highest BCUT2D eigenvalue weighted by Crippen LogP contribution is 2.35. The van der Waals surface area contributed by atoms with Gasteiger partial charge in [-0.05, 0) is 25.0 Å². The molecule has 18 heavy (non-hydrogen) atoms. The zero-order valence-corrected chi connectivity index (χ0v) is 9.46. The van der Waals surface area contributed by atoms with Crippen molar-refractivity contribution >= 4 is 17.5 Å². The molecule has 0 radical (unpaired) electrons. The van der Waals surface area contributed by atoms with Crippen LogP contribution in [0.3, 0.4) is 0 Å². The molecule has 6 heteroatoms. The lowest BCUT2D eigenvalue weighted by Crippen LogP contribution is -2.43. The van der Waals surface area contributed by atoms with E-state index in [1.807, 2.05) is 12.1 Å². The number of aromatic nitrogens is 2. The summed E-state index contributed by atoms with van der Waals surface area (Å²) in [5.74, 6) is -1.43. The maximum absolute atomic E-state index is 11.9. The van der Waals surface area contributed by atoms with E-state index >= 15 is 0 Å². The summed E-state index contributed by atoms with van der Waals surface area (Å²) in [6.45, 7) is 0. The number of carbonyl (C=O) groups is 2. The molecule has 2 N–H and O–H groups in total. The summed E-state index contributed by atoms with van der Waals surface area (Å²) in [4.78, 5) is 27.0. The number of pyridine rings is 1. The van der Waals surface area contributed by atoms with Crippen LogP contribution in [0.15, 0.2) is 30.6 Å². The van der Waals surface area contributed by atoms with E-state index < -0.39 is 17.4 Å². The number of hydrogen-bond acceptors (Lipinski definition) is 3. The Hall–Kier alpha value is -2.37. The van der Waals surface area contributed by atoms with E-state index in [2.05, 4.69) is 10.3 Å². The van der Waals surface area contributed by atoms with E-state index in [0.717, 1.165) is 0 Å². The predicted molar refractivity (Wildman–Crippen MR) is 62.3 cm³/mol. The third-order valence-electron chi connectivity index (χ3n) is 3.11. The predicted octanol–water partition coefficient (Wildman–Crippen LogP) is 0.681. The number of nitrogens with one attached hydrogen (secondary N) is 1. The molecule has 1 aliphatic rings. The Morgan fingerprint density at radius 2 is 2.17 bits per heavy atom. The van der Waals surface area contributed by atoms with E-state index in [1.54, 1.807) is 22.9 Å². The number of carboxylic acid groups (broad SMARTS) is 1. The molecule has 0 bridgehead atoms. The van der Waals surface area contributed by atoms with Crippen molar-refractivity contribution in [3.8, 4) is 0 Å². The van der Waals surface area contributed by atoms with Crippen LogP contribution in [0.25, 0.3) is 5.65 Å². The number of rotatable bonds is 3. The average molecular weight is 245 g/mol. The Bertz CT molecular complexity index is 610. The minimum absolute atomic E-state index is 0.230. The zero-order valence-electron chi connectivity index (χ0n) is 9.46. The molecule has 2 aromatic rings. The molecule has 3 rings (SSSR count). The molecule has 0 aromatic carbocycles. The molecule has 2 heterocycles. The van der Waals surface area contributed by atoms with E-state index in [4.69, 9.17) is 5.11 Å². The van der Waals surface area contributed by atoms with Crippen LogP contribution in [0.4, 0.5) is 0 Å². The van der Waals surface area contributed by atoms with Gasteiger partial charge in [-0.1, -0.05) is 6.07 Å². The summed E-state index contributed by atoms with van der Waals surface area (Å²) in [6, 6.07) is 5.43. The van der Waals surface area contributed by atoms with Crippen molar-refractivity contribution in [1.29, 1.82) is 0 Å². The largest absolute Gasteiger partial charge is 0.480 e. The Morgan fingerprint density at radius 1 is 1.39 bits per heavy atom. The van der Waals surface area contributed by atoms with Crippen molar-refractivity contribution < 1.29 is 14.7 Å². The normalized spacial score (nSPS) is 16.4. The highest BCUT2D eigenvalue weighted by molar-refractivity contribution is 5.98. The monoisotopic (exact) mass is 245 g/mol. The van der Waals surface area contributed by atoms with Gasteiger partial charge in [0.1, 0.15) is 16.9 Å². The van der Waals surface area contributed by atoms with Gasteiger partial charge in [0.15, 0.2) is 0 Å². The third kappa shape index (κ3) is 1.62. The van der Waals surface area contributed by atoms with Crippen molar-refractivity contribution in [2.45, 2.75) is 18.4 Å². The van der Waals surface area contributed by atoms with Crippen LogP contribution in [0, 0.1) is 0 Å². The molecular weight excluding hydrogens is 234 g/mol. The second-order valence-electron chi connectivity index (χ2n) is 4.43. The van der Waals surface area contributed by atoms with Crippen LogP contribution in [0.2, 0.25) is 0 Å². The molecule has 0 aliphatic heterocycles. The second-order valence-corrected chi connectivity index (χ2v) is 4.43. The number of carbonyl (C=O) groups excluding carboxylic acids is 1. The SMILES string of the molecule is O=C(NC1(C(=O)O)CC1)c1cn2ccccc2n1. The Balaban J connectivity index is 1.86. The van der Waals surface area contributed by atoms with Gasteiger partial charge >= 0.3 is 5.97 Å². The Morgan fingerprint density at radius 3 is 2.78 bits per heavy atom. The van der Waals surface area contributed by atoms with Crippen LogP contribution in [-0.4, -0.2) is 31.9 Å². The van der Waals surface area contributed by atoms with E-state index in [-0.39, 0.29) is 5.69 Å². The van der Waals surface area contributed by atoms with E-state index in [0.29, 0.717) is 18.5 Å². The highest BCUT2D eigenvalue weighted by atomic mass is 16.4. The Kier molecular flexibility index (Phi) is 2.13. The number of carboxylic acids is 1. The number of aliphatic carboxylic acids is 1. The van der Waals surface area contributed by atoms with Gasteiger partial charge in [-0.15, -0.1) is 0 Å². The molecular formula is C12H11N3O3. The smallest absolute Gasteiger partial charge is 0.329 e. The van der Waals surface area contributed by atoms with Gasteiger partial charge < -0.3 is 14.8 Å². The van der Waals surface area contributed by atoms with Gasteiger partial charge in [0.2, 0.25) is 0 Å². The van der Waals surface area contributed by atoms with Crippen LogP contribution in [0.5, 0.6) is 0 Å². The van der Waals surface area contributed by atoms with Gasteiger partial charge in [-0.2, -0.15) is 0 Å². The third-order valence-corrected chi connectivity index (χ3v) is 3.11. The molecule has 1 aliphatic carbocycles. The van der Waals surface area contributed by atoms with Gasteiger partial charge in [0, 0.05) is 12.4 Å². The first-order valence-electron chi connectivity index (χ1n) is 5.60. The summed E-state index contributed by atoms with van der Waals surface area (Å²) in [5, 5.41) is 11.5. The molecule has 1 fully saturated rings. The fraction of sp³-hybridized carbons (Fsp3) is 0.250. The van der Waals surface area contributed by atoms with Gasteiger partial charge in [-0.3, -0.25) is 4.79 Å². The topological polar surface area (TPSA) is 83.7 Å². The number of imidazole rings is 1. The molecule has 92 valence electrons. The molecule has 0 saturated heterocycles. The minimum Gasteiger partial charge on any atom is -0.480 e. The van der Waals surface area contributed by atoms with E-state index in [1.165, 1.54) is 0 Å². The quantitative estimate of drug-likeness (QED) is 0.833. The standard InChI is InChI=1S/C12H11N3O3/c16-10(14-12(4-5-12)11(17)18)8-7-15-6-2-1-3-9(15)13-8/h1-3,6-7H,4-5H2,(H,14,16)(H,17,18). The van der Waals surface area contributed by atoms with Crippen molar-refractivity contribution in [3.63, 3.8) is 0 Å².